The first-order valence-electron chi connectivity index (χ1n) is 8.57. The van der Waals surface area contributed by atoms with Gasteiger partial charge in [0, 0.05) is 6.54 Å². The van der Waals surface area contributed by atoms with Crippen molar-refractivity contribution in [1.29, 1.82) is 0 Å². The van der Waals surface area contributed by atoms with Crippen LogP contribution in [0.4, 0.5) is 0 Å². The first-order chi connectivity index (χ1) is 12.8. The molecule has 1 aromatic carbocycles. The van der Waals surface area contributed by atoms with Crippen LogP contribution in [0.15, 0.2) is 12.1 Å². The second-order valence-electron chi connectivity index (χ2n) is 6.42. The van der Waals surface area contributed by atoms with E-state index in [9.17, 15) is 14.7 Å². The van der Waals surface area contributed by atoms with Gasteiger partial charge in [0.15, 0.2) is 11.5 Å². The normalized spacial score (nSPS) is 16.0. The zero-order chi connectivity index (χ0) is 19.7. The van der Waals surface area contributed by atoms with Crippen molar-refractivity contribution in [3.63, 3.8) is 0 Å². The number of carboxylic acid groups (broad SMARTS) is 1. The third-order valence-corrected chi connectivity index (χ3v) is 5.79. The molecule has 0 spiro atoms. The van der Waals surface area contributed by atoms with Crippen molar-refractivity contribution in [1.82, 2.24) is 9.88 Å². The number of carbonyl (C=O) groups excluding carboxylic acids is 1. The number of rotatable bonds is 5. The molecular weight excluding hydrogens is 368 g/mol. The predicted molar refractivity (Wildman–Crippen MR) is 101 cm³/mol. The summed E-state index contributed by atoms with van der Waals surface area (Å²) in [5.74, 6) is -0.0211. The third kappa shape index (κ3) is 3.62. The molecule has 8 heteroatoms. The number of carboxylic acids is 1. The van der Waals surface area contributed by atoms with Gasteiger partial charge in [-0.25, -0.2) is 4.98 Å². The zero-order valence-corrected chi connectivity index (χ0v) is 16.6. The van der Waals surface area contributed by atoms with Gasteiger partial charge >= 0.3 is 5.97 Å². The number of methoxy groups -OCH3 is 2. The van der Waals surface area contributed by atoms with Crippen molar-refractivity contribution in [2.45, 2.75) is 32.7 Å². The number of thiazole rings is 1. The van der Waals surface area contributed by atoms with E-state index in [1.165, 1.54) is 18.4 Å². The quantitative estimate of drug-likeness (QED) is 0.844. The summed E-state index contributed by atoms with van der Waals surface area (Å²) < 4.78 is 10.7. The molecule has 1 amide bonds. The van der Waals surface area contributed by atoms with E-state index in [2.05, 4.69) is 4.98 Å². The average Bonchev–Trinajstić information content (AvgIpc) is 2.98. The summed E-state index contributed by atoms with van der Waals surface area (Å²) in [5.41, 5.74) is 2.43. The Labute approximate surface area is 161 Å². The summed E-state index contributed by atoms with van der Waals surface area (Å²) >= 11 is 1.34. The molecule has 0 saturated carbocycles. The molecule has 27 heavy (non-hydrogen) atoms. The van der Waals surface area contributed by atoms with Crippen molar-refractivity contribution < 1.29 is 24.2 Å². The lowest BCUT2D eigenvalue weighted by atomic mass is 9.89. The molecule has 144 valence electrons. The number of amides is 1. The lowest BCUT2D eigenvalue weighted by Gasteiger charge is -2.37. The second kappa shape index (κ2) is 7.56. The fraction of sp³-hybridized carbons (Fsp3) is 0.421. The molecule has 1 aliphatic rings. The van der Waals surface area contributed by atoms with Crippen LogP contribution in [-0.2, 0) is 11.2 Å². The molecule has 0 aliphatic carbocycles. The molecule has 0 fully saturated rings. The molecule has 2 heterocycles. The lowest BCUT2D eigenvalue weighted by Crippen LogP contribution is -2.41. The molecule has 0 unspecified atom stereocenters. The Kier molecular flexibility index (Phi) is 5.36. The SMILES string of the molecule is COc1cc2c(cc1OC)[C@@H](CC(=O)O)N(C(=O)c1sc(C)nc1C)CC2. The number of aromatic nitrogens is 1. The van der Waals surface area contributed by atoms with Gasteiger partial charge in [0.2, 0.25) is 0 Å². The molecule has 3 rings (SSSR count). The number of nitrogens with zero attached hydrogens (tertiary/aromatic N) is 2. The molecular formula is C19H22N2O5S. The third-order valence-electron chi connectivity index (χ3n) is 4.73. The van der Waals surface area contributed by atoms with Gasteiger partial charge in [-0.15, -0.1) is 11.3 Å². The van der Waals surface area contributed by atoms with E-state index in [0.717, 1.165) is 16.1 Å². The minimum absolute atomic E-state index is 0.176. The van der Waals surface area contributed by atoms with Crippen LogP contribution in [0, 0.1) is 13.8 Å². The number of aryl methyl sites for hydroxylation is 2. The van der Waals surface area contributed by atoms with Crippen LogP contribution in [0.5, 0.6) is 11.5 Å². The molecule has 7 nitrogen and oxygen atoms in total. The summed E-state index contributed by atoms with van der Waals surface area (Å²) in [7, 11) is 3.10. The maximum Gasteiger partial charge on any atom is 0.305 e. The number of hydrogen-bond acceptors (Lipinski definition) is 6. The largest absolute Gasteiger partial charge is 0.493 e. The standard InChI is InChI=1S/C19H22N2O5S/c1-10-18(27-11(2)20-10)19(24)21-6-5-12-7-15(25-3)16(26-4)8-13(12)14(21)9-17(22)23/h7-8,14H,5-6,9H2,1-4H3,(H,22,23)/t14-/m1/s1. The van der Waals surface area contributed by atoms with Gasteiger partial charge in [-0.2, -0.15) is 0 Å². The highest BCUT2D eigenvalue weighted by atomic mass is 32.1. The maximum absolute atomic E-state index is 13.2. The first-order valence-corrected chi connectivity index (χ1v) is 9.39. The molecule has 1 aromatic heterocycles. The Balaban J connectivity index is 2.05. The van der Waals surface area contributed by atoms with E-state index in [0.29, 0.717) is 35.0 Å². The molecule has 0 radical (unpaired) electrons. The lowest BCUT2D eigenvalue weighted by molar-refractivity contribution is -0.138. The fourth-order valence-electron chi connectivity index (χ4n) is 3.52. The van der Waals surface area contributed by atoms with E-state index in [1.54, 1.807) is 25.0 Å². The summed E-state index contributed by atoms with van der Waals surface area (Å²) in [6.45, 7) is 4.09. The smallest absolute Gasteiger partial charge is 0.305 e. The Morgan fingerprint density at radius 2 is 1.93 bits per heavy atom. The van der Waals surface area contributed by atoms with Crippen LogP contribution < -0.4 is 9.47 Å². The predicted octanol–water partition coefficient (Wildman–Crippen LogP) is 2.99. The number of fused-ring (bicyclic) bond motifs is 1. The number of carbonyl (C=O) groups is 2. The zero-order valence-electron chi connectivity index (χ0n) is 15.7. The number of hydrogen-bond donors (Lipinski definition) is 1. The Bertz CT molecular complexity index is 892. The van der Waals surface area contributed by atoms with Crippen LogP contribution in [0.2, 0.25) is 0 Å². The maximum atomic E-state index is 13.2. The molecule has 0 bridgehead atoms. The summed E-state index contributed by atoms with van der Waals surface area (Å²) in [4.78, 5) is 31.2. The van der Waals surface area contributed by atoms with E-state index in [4.69, 9.17) is 9.47 Å². The number of aliphatic carboxylic acids is 1. The fourth-order valence-corrected chi connectivity index (χ4v) is 4.39. The van der Waals surface area contributed by atoms with E-state index >= 15 is 0 Å². The average molecular weight is 390 g/mol. The van der Waals surface area contributed by atoms with Crippen LogP contribution >= 0.6 is 11.3 Å². The molecule has 1 N–H and O–H groups in total. The van der Waals surface area contributed by atoms with Crippen molar-refractivity contribution in [2.24, 2.45) is 0 Å². The van der Waals surface area contributed by atoms with Crippen molar-refractivity contribution in [3.05, 3.63) is 38.8 Å². The second-order valence-corrected chi connectivity index (χ2v) is 7.62. The molecule has 1 atom stereocenters. The number of benzene rings is 1. The van der Waals surface area contributed by atoms with E-state index in [-0.39, 0.29) is 12.3 Å². The van der Waals surface area contributed by atoms with Gasteiger partial charge in [-0.3, -0.25) is 9.59 Å². The van der Waals surface area contributed by atoms with Gasteiger partial charge < -0.3 is 19.5 Å². The highest BCUT2D eigenvalue weighted by Gasteiger charge is 2.35. The van der Waals surface area contributed by atoms with Crippen molar-refractivity contribution in [2.75, 3.05) is 20.8 Å². The monoisotopic (exact) mass is 390 g/mol. The van der Waals surface area contributed by atoms with Crippen LogP contribution in [0.25, 0.3) is 0 Å². The van der Waals surface area contributed by atoms with E-state index < -0.39 is 12.0 Å². The van der Waals surface area contributed by atoms with Crippen molar-refractivity contribution >= 4 is 23.2 Å². The Morgan fingerprint density at radius 3 is 2.48 bits per heavy atom. The minimum atomic E-state index is -0.961. The Hall–Kier alpha value is -2.61. The van der Waals surface area contributed by atoms with Gasteiger partial charge in [-0.1, -0.05) is 0 Å². The van der Waals surface area contributed by atoms with E-state index in [1.807, 2.05) is 13.0 Å². The van der Waals surface area contributed by atoms with Crippen LogP contribution in [-0.4, -0.2) is 47.6 Å². The summed E-state index contributed by atoms with van der Waals surface area (Å²) in [6.07, 6.45) is 0.444. The van der Waals surface area contributed by atoms with Gasteiger partial charge in [0.25, 0.3) is 5.91 Å². The van der Waals surface area contributed by atoms with Gasteiger partial charge in [0.1, 0.15) is 4.88 Å². The summed E-state index contributed by atoms with van der Waals surface area (Å²) in [5, 5.41) is 10.3. The molecule has 1 aliphatic heterocycles. The van der Waals surface area contributed by atoms with Gasteiger partial charge in [0.05, 0.1) is 37.4 Å². The van der Waals surface area contributed by atoms with Crippen LogP contribution in [0.3, 0.4) is 0 Å². The van der Waals surface area contributed by atoms with Crippen molar-refractivity contribution in [3.8, 4) is 11.5 Å². The number of ether oxygens (including phenoxy) is 2. The minimum Gasteiger partial charge on any atom is -0.493 e. The first kappa shape index (κ1) is 19.2. The Morgan fingerprint density at radius 1 is 1.26 bits per heavy atom. The highest BCUT2D eigenvalue weighted by molar-refractivity contribution is 7.13. The topological polar surface area (TPSA) is 89.0 Å². The molecule has 0 saturated heterocycles. The summed E-state index contributed by atoms with van der Waals surface area (Å²) in [6, 6.07) is 3.08. The van der Waals surface area contributed by atoms with Crippen LogP contribution in [0.1, 0.15) is 44.0 Å². The highest BCUT2D eigenvalue weighted by Crippen LogP contribution is 2.40. The molecule has 2 aromatic rings. The van der Waals surface area contributed by atoms with Gasteiger partial charge in [-0.05, 0) is 43.5 Å².